The number of aliphatic carboxylic acids is 1. The van der Waals surface area contributed by atoms with Gasteiger partial charge in [0.15, 0.2) is 0 Å². The standard InChI is InChI=1S/C13H18ClNO2.ClH/c1-2-3-4-12(13(16)17)15-9-10-5-7-11(14)8-6-10;/h5-8,12,15H,2-4,9H2,1H3,(H,16,17);1H. The first-order chi connectivity index (χ1) is 8.13. The molecule has 1 aromatic carbocycles. The number of rotatable bonds is 7. The Hall–Kier alpha value is -0.770. The molecule has 0 amide bonds. The van der Waals surface area contributed by atoms with Gasteiger partial charge in [0, 0.05) is 11.6 Å². The van der Waals surface area contributed by atoms with Gasteiger partial charge in [-0.1, -0.05) is 43.5 Å². The van der Waals surface area contributed by atoms with E-state index >= 15 is 0 Å². The van der Waals surface area contributed by atoms with E-state index in [0.717, 1.165) is 18.4 Å². The number of halogens is 2. The van der Waals surface area contributed by atoms with Crippen LogP contribution in [0.5, 0.6) is 0 Å². The van der Waals surface area contributed by atoms with Crippen LogP contribution < -0.4 is 5.32 Å². The van der Waals surface area contributed by atoms with Crippen molar-refractivity contribution in [3.05, 3.63) is 34.9 Å². The average molecular weight is 292 g/mol. The molecule has 0 aliphatic rings. The third-order valence-corrected chi connectivity index (χ3v) is 2.86. The maximum atomic E-state index is 11.0. The predicted molar refractivity (Wildman–Crippen MR) is 76.5 cm³/mol. The van der Waals surface area contributed by atoms with E-state index in [1.54, 1.807) is 12.1 Å². The minimum atomic E-state index is -0.785. The molecule has 102 valence electrons. The van der Waals surface area contributed by atoms with Crippen molar-refractivity contribution in [1.82, 2.24) is 5.32 Å². The molecule has 1 aromatic rings. The second-order valence-electron chi connectivity index (χ2n) is 4.04. The molecular formula is C13H19Cl2NO2. The summed E-state index contributed by atoms with van der Waals surface area (Å²) in [5.41, 5.74) is 1.04. The van der Waals surface area contributed by atoms with Crippen LogP contribution in [0.3, 0.4) is 0 Å². The minimum Gasteiger partial charge on any atom is -0.480 e. The van der Waals surface area contributed by atoms with Crippen molar-refractivity contribution in [3.8, 4) is 0 Å². The molecule has 3 nitrogen and oxygen atoms in total. The number of benzene rings is 1. The molecule has 2 N–H and O–H groups in total. The van der Waals surface area contributed by atoms with Crippen molar-refractivity contribution in [2.75, 3.05) is 0 Å². The Morgan fingerprint density at radius 2 is 2.00 bits per heavy atom. The van der Waals surface area contributed by atoms with E-state index in [1.165, 1.54) is 0 Å². The van der Waals surface area contributed by atoms with Gasteiger partial charge in [0.1, 0.15) is 6.04 Å². The average Bonchev–Trinajstić information content (AvgIpc) is 2.31. The molecule has 0 aliphatic heterocycles. The summed E-state index contributed by atoms with van der Waals surface area (Å²) < 4.78 is 0. The molecule has 0 fully saturated rings. The summed E-state index contributed by atoms with van der Waals surface area (Å²) in [5.74, 6) is -0.785. The molecule has 0 saturated heterocycles. The highest BCUT2D eigenvalue weighted by molar-refractivity contribution is 6.30. The van der Waals surface area contributed by atoms with Crippen LogP contribution in [0.4, 0.5) is 0 Å². The second-order valence-corrected chi connectivity index (χ2v) is 4.48. The lowest BCUT2D eigenvalue weighted by Crippen LogP contribution is -2.36. The van der Waals surface area contributed by atoms with E-state index in [1.807, 2.05) is 12.1 Å². The Labute approximate surface area is 119 Å². The third-order valence-electron chi connectivity index (χ3n) is 2.61. The molecule has 0 spiro atoms. The molecule has 1 unspecified atom stereocenters. The van der Waals surface area contributed by atoms with Gasteiger partial charge in [-0.3, -0.25) is 4.79 Å². The number of carboxylic acids is 1. The highest BCUT2D eigenvalue weighted by atomic mass is 35.5. The van der Waals surface area contributed by atoms with E-state index in [4.69, 9.17) is 16.7 Å². The Morgan fingerprint density at radius 3 is 2.50 bits per heavy atom. The molecule has 0 aliphatic carbocycles. The molecule has 0 bridgehead atoms. The van der Waals surface area contributed by atoms with Gasteiger partial charge in [0.05, 0.1) is 0 Å². The SMILES string of the molecule is CCCCC(NCc1ccc(Cl)cc1)C(=O)O.Cl. The van der Waals surface area contributed by atoms with Gasteiger partial charge >= 0.3 is 5.97 Å². The van der Waals surface area contributed by atoms with E-state index in [-0.39, 0.29) is 12.4 Å². The lowest BCUT2D eigenvalue weighted by molar-refractivity contribution is -0.139. The maximum Gasteiger partial charge on any atom is 0.320 e. The van der Waals surface area contributed by atoms with Gasteiger partial charge in [-0.25, -0.2) is 0 Å². The Morgan fingerprint density at radius 1 is 1.39 bits per heavy atom. The van der Waals surface area contributed by atoms with Crippen molar-refractivity contribution >= 4 is 30.0 Å². The van der Waals surface area contributed by atoms with Crippen LogP contribution in [0.2, 0.25) is 5.02 Å². The fourth-order valence-electron chi connectivity index (χ4n) is 1.56. The van der Waals surface area contributed by atoms with Crippen molar-refractivity contribution in [1.29, 1.82) is 0 Å². The number of nitrogens with one attached hydrogen (secondary N) is 1. The zero-order chi connectivity index (χ0) is 12.7. The van der Waals surface area contributed by atoms with Crippen LogP contribution in [0.1, 0.15) is 31.7 Å². The van der Waals surface area contributed by atoms with Gasteiger partial charge in [-0.2, -0.15) is 0 Å². The molecule has 0 radical (unpaired) electrons. The number of carbonyl (C=O) groups is 1. The molecule has 1 atom stereocenters. The van der Waals surface area contributed by atoms with Gasteiger partial charge in [-0.15, -0.1) is 12.4 Å². The zero-order valence-electron chi connectivity index (χ0n) is 10.4. The lowest BCUT2D eigenvalue weighted by atomic mass is 10.1. The van der Waals surface area contributed by atoms with Crippen LogP contribution in [0, 0.1) is 0 Å². The third kappa shape index (κ3) is 6.24. The predicted octanol–water partition coefficient (Wildman–Crippen LogP) is 3.49. The maximum absolute atomic E-state index is 11.0. The number of unbranched alkanes of at least 4 members (excludes halogenated alkanes) is 1. The molecule has 0 aromatic heterocycles. The molecular weight excluding hydrogens is 273 g/mol. The second kappa shape index (κ2) is 9.20. The quantitative estimate of drug-likeness (QED) is 0.808. The fraction of sp³-hybridized carbons (Fsp3) is 0.462. The number of hydrogen-bond donors (Lipinski definition) is 2. The summed E-state index contributed by atoms with van der Waals surface area (Å²) in [6.45, 7) is 2.61. The Balaban J connectivity index is 0.00000289. The molecule has 18 heavy (non-hydrogen) atoms. The summed E-state index contributed by atoms with van der Waals surface area (Å²) in [4.78, 5) is 11.0. The fourth-order valence-corrected chi connectivity index (χ4v) is 1.69. The first kappa shape index (κ1) is 17.2. The minimum absolute atomic E-state index is 0. The normalized spacial score (nSPS) is 11.7. The van der Waals surface area contributed by atoms with Crippen LogP contribution in [-0.4, -0.2) is 17.1 Å². The largest absolute Gasteiger partial charge is 0.480 e. The van der Waals surface area contributed by atoms with Gasteiger partial charge in [0.2, 0.25) is 0 Å². The smallest absolute Gasteiger partial charge is 0.320 e. The molecule has 0 heterocycles. The van der Waals surface area contributed by atoms with Gasteiger partial charge < -0.3 is 10.4 Å². The monoisotopic (exact) mass is 291 g/mol. The molecule has 5 heteroatoms. The summed E-state index contributed by atoms with van der Waals surface area (Å²) in [7, 11) is 0. The summed E-state index contributed by atoms with van der Waals surface area (Å²) in [6, 6.07) is 6.94. The van der Waals surface area contributed by atoms with Crippen molar-refractivity contribution < 1.29 is 9.90 Å². The van der Waals surface area contributed by atoms with Gasteiger partial charge in [0.25, 0.3) is 0 Å². The van der Waals surface area contributed by atoms with Gasteiger partial charge in [-0.05, 0) is 24.1 Å². The van der Waals surface area contributed by atoms with Crippen LogP contribution in [0.15, 0.2) is 24.3 Å². The highest BCUT2D eigenvalue weighted by Gasteiger charge is 2.15. The first-order valence-corrected chi connectivity index (χ1v) is 6.22. The van der Waals surface area contributed by atoms with Crippen LogP contribution >= 0.6 is 24.0 Å². The number of carboxylic acid groups (broad SMARTS) is 1. The van der Waals surface area contributed by atoms with E-state index < -0.39 is 12.0 Å². The first-order valence-electron chi connectivity index (χ1n) is 5.84. The Kier molecular flexibility index (Phi) is 8.81. The number of hydrogen-bond acceptors (Lipinski definition) is 2. The van der Waals surface area contributed by atoms with Crippen molar-refractivity contribution in [3.63, 3.8) is 0 Å². The van der Waals surface area contributed by atoms with E-state index in [0.29, 0.717) is 18.0 Å². The lowest BCUT2D eigenvalue weighted by Gasteiger charge is -2.13. The zero-order valence-corrected chi connectivity index (χ0v) is 11.9. The van der Waals surface area contributed by atoms with Crippen molar-refractivity contribution in [2.45, 2.75) is 38.8 Å². The van der Waals surface area contributed by atoms with Crippen LogP contribution in [-0.2, 0) is 11.3 Å². The Bertz CT molecular complexity index is 355. The van der Waals surface area contributed by atoms with E-state index in [2.05, 4.69) is 12.2 Å². The molecule has 1 rings (SSSR count). The summed E-state index contributed by atoms with van der Waals surface area (Å²) in [5, 5.41) is 12.8. The topological polar surface area (TPSA) is 49.3 Å². The highest BCUT2D eigenvalue weighted by Crippen LogP contribution is 2.10. The summed E-state index contributed by atoms with van der Waals surface area (Å²) >= 11 is 5.78. The van der Waals surface area contributed by atoms with Crippen LogP contribution in [0.25, 0.3) is 0 Å². The summed E-state index contributed by atoms with van der Waals surface area (Å²) in [6.07, 6.45) is 2.59. The molecule has 0 saturated carbocycles. The van der Waals surface area contributed by atoms with Crippen molar-refractivity contribution in [2.24, 2.45) is 0 Å². The van der Waals surface area contributed by atoms with E-state index in [9.17, 15) is 4.79 Å².